The van der Waals surface area contributed by atoms with E-state index in [2.05, 4.69) is 36.1 Å². The number of piperazine rings is 2. The largest absolute Gasteiger partial charge is 0.444 e. The average Bonchev–Trinajstić information content (AvgIpc) is 2.97. The van der Waals surface area contributed by atoms with Crippen LogP contribution in [0.4, 0.5) is 15.4 Å². The Kier molecular flexibility index (Phi) is 16.6. The lowest BCUT2D eigenvalue weighted by atomic mass is 10.2. The number of ether oxygens (including phenoxy) is 2. The van der Waals surface area contributed by atoms with E-state index in [1.807, 2.05) is 59.7 Å². The van der Waals surface area contributed by atoms with Crippen LogP contribution in [-0.2, 0) is 22.7 Å². The first kappa shape index (κ1) is 39.0. The molecule has 4 rings (SSSR count). The highest BCUT2D eigenvalue weighted by atomic mass is 79.9. The van der Waals surface area contributed by atoms with Gasteiger partial charge < -0.3 is 39.7 Å². The van der Waals surface area contributed by atoms with Gasteiger partial charge in [-0.15, -0.1) is 0 Å². The van der Waals surface area contributed by atoms with Gasteiger partial charge in [0.15, 0.2) is 0 Å². The summed E-state index contributed by atoms with van der Waals surface area (Å²) in [6.07, 6.45) is 2.85. The van der Waals surface area contributed by atoms with Crippen molar-refractivity contribution in [1.29, 1.82) is 0 Å². The minimum Gasteiger partial charge on any atom is -0.444 e. The molecule has 0 atom stereocenters. The van der Waals surface area contributed by atoms with Crippen molar-refractivity contribution in [2.45, 2.75) is 73.4 Å². The molecule has 2 amide bonds. The van der Waals surface area contributed by atoms with E-state index in [0.29, 0.717) is 13.1 Å². The zero-order valence-electron chi connectivity index (χ0n) is 26.2. The highest BCUT2D eigenvalue weighted by Crippen LogP contribution is 2.16. The molecule has 0 radical (unpaired) electrons. The molecule has 2 saturated heterocycles. The quantitative estimate of drug-likeness (QED) is 0.398. The minimum atomic E-state index is -0.462. The molecule has 0 bridgehead atoms. The first-order valence-electron chi connectivity index (χ1n) is 14.4. The number of carbonyl (C=O) groups excluding carboxylic acids is 2. The van der Waals surface area contributed by atoms with Crippen LogP contribution in [0.1, 0.15) is 60.1 Å². The van der Waals surface area contributed by atoms with Crippen LogP contribution in [-0.4, -0.2) is 106 Å². The predicted octanol–water partition coefficient (Wildman–Crippen LogP) is 4.43. The highest BCUT2D eigenvalue weighted by molar-refractivity contribution is 9.10. The number of amides is 2. The normalized spacial score (nSPS) is 15.1. The molecule has 0 spiro atoms. The third-order valence-electron chi connectivity index (χ3n) is 5.99. The van der Waals surface area contributed by atoms with Gasteiger partial charge in [-0.05, 0) is 80.7 Å². The zero-order chi connectivity index (χ0) is 32.0. The summed E-state index contributed by atoms with van der Waals surface area (Å²) < 4.78 is 11.4. The Morgan fingerprint density at radius 3 is 1.61 bits per heavy atom. The van der Waals surface area contributed by atoms with Crippen LogP contribution in [0.3, 0.4) is 0 Å². The number of aliphatic hydroxyl groups excluding tert-OH is 2. The highest BCUT2D eigenvalue weighted by Gasteiger charge is 2.26. The molecule has 2 aromatic rings. The maximum Gasteiger partial charge on any atom is 0.410 e. The first-order valence-corrected chi connectivity index (χ1v) is 15.2. The van der Waals surface area contributed by atoms with Gasteiger partial charge in [0.05, 0.1) is 13.2 Å². The summed E-state index contributed by atoms with van der Waals surface area (Å²) in [7, 11) is 0. The van der Waals surface area contributed by atoms with Crippen molar-refractivity contribution >= 4 is 33.9 Å². The molecule has 0 saturated carbocycles. The van der Waals surface area contributed by atoms with E-state index >= 15 is 0 Å². The molecule has 0 unspecified atom stereocenters. The van der Waals surface area contributed by atoms with E-state index in [1.54, 1.807) is 28.3 Å². The maximum absolute atomic E-state index is 12.0. The fourth-order valence-corrected chi connectivity index (χ4v) is 4.05. The lowest BCUT2D eigenvalue weighted by molar-refractivity contribution is 0.0223. The summed E-state index contributed by atoms with van der Waals surface area (Å²) >= 11 is 3.18. The number of nitrogens with one attached hydrogen (secondary N) is 1. The van der Waals surface area contributed by atoms with Gasteiger partial charge in [0.25, 0.3) is 0 Å². The Morgan fingerprint density at radius 2 is 1.23 bits per heavy atom. The topological polar surface area (TPSA) is 141 Å². The van der Waals surface area contributed by atoms with E-state index in [0.717, 1.165) is 60.8 Å². The fraction of sp³-hybridized carbons (Fsp3) is 0.613. The van der Waals surface area contributed by atoms with E-state index in [1.165, 1.54) is 0 Å². The number of aliphatic hydroxyl groups is 2. The number of anilines is 1. The molecule has 2 aliphatic rings. The van der Waals surface area contributed by atoms with Crippen molar-refractivity contribution in [2.75, 3.05) is 57.3 Å². The summed E-state index contributed by atoms with van der Waals surface area (Å²) in [6.45, 7) is 17.2. The number of rotatable bonds is 3. The number of pyridine rings is 2. The van der Waals surface area contributed by atoms with Crippen LogP contribution in [0.25, 0.3) is 0 Å². The molecule has 13 heteroatoms. The molecular weight excluding hydrogens is 632 g/mol. The van der Waals surface area contributed by atoms with Crippen LogP contribution in [0.15, 0.2) is 41.3 Å². The van der Waals surface area contributed by atoms with Gasteiger partial charge in [0.1, 0.15) is 21.6 Å². The summed E-state index contributed by atoms with van der Waals surface area (Å²) in [5.74, 6) is 0.871. The van der Waals surface area contributed by atoms with E-state index in [4.69, 9.17) is 19.7 Å². The average molecular weight is 684 g/mol. The second kappa shape index (κ2) is 18.7. The Hall–Kier alpha value is -3.00. The van der Waals surface area contributed by atoms with Gasteiger partial charge in [-0.25, -0.2) is 19.6 Å². The summed E-state index contributed by atoms with van der Waals surface area (Å²) in [5.41, 5.74) is 0.780. The molecule has 2 aliphatic heterocycles. The second-order valence-corrected chi connectivity index (χ2v) is 12.8. The molecule has 248 valence electrons. The molecule has 3 N–H and O–H groups in total. The van der Waals surface area contributed by atoms with Gasteiger partial charge in [-0.1, -0.05) is 19.6 Å². The number of halogens is 1. The number of hydrogen-bond acceptors (Lipinski definition) is 10. The van der Waals surface area contributed by atoms with Crippen molar-refractivity contribution in [3.05, 3.63) is 52.4 Å². The van der Waals surface area contributed by atoms with Crippen LogP contribution < -0.4 is 10.2 Å². The predicted molar refractivity (Wildman–Crippen MR) is 175 cm³/mol. The van der Waals surface area contributed by atoms with Crippen LogP contribution in [0.5, 0.6) is 0 Å². The third kappa shape index (κ3) is 15.1. The summed E-state index contributed by atoms with van der Waals surface area (Å²) in [6, 6.07) is 7.37. The van der Waals surface area contributed by atoms with Crippen molar-refractivity contribution in [3.8, 4) is 0 Å². The number of aromatic nitrogens is 2. The van der Waals surface area contributed by atoms with E-state index < -0.39 is 5.60 Å². The number of hydrogen-bond donors (Lipinski definition) is 3. The lowest BCUT2D eigenvalue weighted by Crippen LogP contribution is -2.50. The van der Waals surface area contributed by atoms with Gasteiger partial charge >= 0.3 is 12.2 Å². The lowest BCUT2D eigenvalue weighted by Gasteiger charge is -2.36. The Morgan fingerprint density at radius 1 is 0.773 bits per heavy atom. The molecule has 12 nitrogen and oxygen atoms in total. The Labute approximate surface area is 270 Å². The molecular formula is C31H51BrN6O6. The standard InChI is InChI=1S/C15H23N3O3.C9H18N2O2.C6H6BrNO.CH4/c1-15(2,3)21-14(20)18-8-6-17(7-9-18)13-5-4-12(11-19)10-16-13;1-9(2,3)13-8(12)11-6-4-10-5-7-11;7-6-2-1-5(4-9)3-8-6;/h4-5,10,19H,6-9,11H2,1-3H3;10H,4-7H2,1-3H3;1-3,9H,4H2;1H4. The number of carbonyl (C=O) groups is 2. The van der Waals surface area contributed by atoms with Gasteiger partial charge in [0.2, 0.25) is 0 Å². The summed E-state index contributed by atoms with van der Waals surface area (Å²) in [4.78, 5) is 37.3. The number of nitrogens with zero attached hydrogens (tertiary/aromatic N) is 5. The minimum absolute atomic E-state index is 0. The van der Waals surface area contributed by atoms with E-state index in [9.17, 15) is 9.59 Å². The monoisotopic (exact) mass is 682 g/mol. The Bertz CT molecular complexity index is 1110. The van der Waals surface area contributed by atoms with Crippen LogP contribution in [0, 0.1) is 0 Å². The van der Waals surface area contributed by atoms with Crippen molar-refractivity contribution in [1.82, 2.24) is 25.1 Å². The summed E-state index contributed by atoms with van der Waals surface area (Å²) in [5, 5.41) is 20.8. The second-order valence-electron chi connectivity index (χ2n) is 12.0. The molecule has 0 aliphatic carbocycles. The third-order valence-corrected chi connectivity index (χ3v) is 6.46. The Balaban J connectivity index is 0.000000359. The fourth-order valence-electron chi connectivity index (χ4n) is 3.82. The smallest absolute Gasteiger partial charge is 0.410 e. The molecule has 4 heterocycles. The van der Waals surface area contributed by atoms with Gasteiger partial charge in [0, 0.05) is 64.8 Å². The first-order chi connectivity index (χ1) is 20.2. The van der Waals surface area contributed by atoms with Crippen LogP contribution >= 0.6 is 15.9 Å². The molecule has 2 fully saturated rings. The van der Waals surface area contributed by atoms with Gasteiger partial charge in [-0.2, -0.15) is 0 Å². The SMILES string of the molecule is C.CC(C)(C)OC(=O)N1CCN(c2ccc(CO)cn2)CC1.CC(C)(C)OC(=O)N1CCNCC1.OCc1ccc(Br)nc1. The maximum atomic E-state index is 12.0. The van der Waals surface area contributed by atoms with Crippen LogP contribution in [0.2, 0.25) is 0 Å². The molecule has 44 heavy (non-hydrogen) atoms. The van der Waals surface area contributed by atoms with Gasteiger partial charge in [-0.3, -0.25) is 0 Å². The molecule has 0 aromatic carbocycles. The van der Waals surface area contributed by atoms with E-state index in [-0.39, 0.29) is 38.4 Å². The van der Waals surface area contributed by atoms with Crippen molar-refractivity contribution in [2.24, 2.45) is 0 Å². The molecule has 2 aromatic heterocycles. The zero-order valence-corrected chi connectivity index (χ0v) is 27.8. The van der Waals surface area contributed by atoms with Crippen molar-refractivity contribution in [3.63, 3.8) is 0 Å². The van der Waals surface area contributed by atoms with Crippen molar-refractivity contribution < 1.29 is 29.3 Å².